The third-order valence-corrected chi connectivity index (χ3v) is 6.81. The van der Waals surface area contributed by atoms with Crippen LogP contribution in [0.4, 0.5) is 15.8 Å². The summed E-state index contributed by atoms with van der Waals surface area (Å²) in [6, 6.07) is 9.39. The summed E-state index contributed by atoms with van der Waals surface area (Å²) in [4.78, 5) is 11.2. The number of anilines is 2. The minimum absolute atomic E-state index is 0.0497. The molecule has 31 heavy (non-hydrogen) atoms. The second kappa shape index (κ2) is 8.47. The van der Waals surface area contributed by atoms with E-state index in [0.29, 0.717) is 5.69 Å². The first-order chi connectivity index (χ1) is 14.5. The van der Waals surface area contributed by atoms with Gasteiger partial charge in [0.1, 0.15) is 16.8 Å². The minimum Gasteiger partial charge on any atom is -0.324 e. The molecular weight excluding hydrogens is 447 g/mol. The molecular formula is C19H19FN4O5S2. The van der Waals surface area contributed by atoms with Crippen LogP contribution in [-0.4, -0.2) is 38.8 Å². The maximum absolute atomic E-state index is 14.2. The zero-order valence-electron chi connectivity index (χ0n) is 16.5. The summed E-state index contributed by atoms with van der Waals surface area (Å²) in [6.07, 6.45) is 4.06. The molecule has 3 rings (SSSR count). The van der Waals surface area contributed by atoms with Gasteiger partial charge in [0.15, 0.2) is 9.84 Å². The number of amides is 1. The van der Waals surface area contributed by atoms with Crippen molar-refractivity contribution in [1.29, 1.82) is 0 Å². The van der Waals surface area contributed by atoms with Gasteiger partial charge in [-0.1, -0.05) is 6.07 Å². The van der Waals surface area contributed by atoms with Gasteiger partial charge in [-0.2, -0.15) is 5.10 Å². The van der Waals surface area contributed by atoms with Gasteiger partial charge in [-0.3, -0.25) is 14.2 Å². The van der Waals surface area contributed by atoms with Gasteiger partial charge in [-0.05, 0) is 49.4 Å². The lowest BCUT2D eigenvalue weighted by Gasteiger charge is -2.14. The molecule has 0 fully saturated rings. The van der Waals surface area contributed by atoms with E-state index in [0.717, 1.165) is 24.5 Å². The van der Waals surface area contributed by atoms with Crippen molar-refractivity contribution in [1.82, 2.24) is 9.78 Å². The van der Waals surface area contributed by atoms with E-state index in [4.69, 9.17) is 0 Å². The molecule has 0 saturated heterocycles. The smallest absolute Gasteiger partial charge is 0.264 e. The van der Waals surface area contributed by atoms with Crippen molar-refractivity contribution < 1.29 is 26.0 Å². The quantitative estimate of drug-likeness (QED) is 0.515. The highest BCUT2D eigenvalue weighted by Crippen LogP contribution is 2.24. The van der Waals surface area contributed by atoms with E-state index in [1.807, 2.05) is 0 Å². The Balaban J connectivity index is 1.83. The van der Waals surface area contributed by atoms with E-state index in [-0.39, 0.29) is 16.5 Å². The molecule has 1 amide bonds. The molecule has 1 aromatic heterocycles. The molecule has 0 saturated carbocycles. The SMILES string of the molecule is CC(C(=O)Nc1cccc(NS(=O)(=O)c2cc(S(C)(=O)=O)ccc2F)c1)n1cccn1. The summed E-state index contributed by atoms with van der Waals surface area (Å²) in [5.41, 5.74) is 0.350. The van der Waals surface area contributed by atoms with Crippen LogP contribution >= 0.6 is 0 Å². The zero-order chi connectivity index (χ0) is 22.8. The van der Waals surface area contributed by atoms with Gasteiger partial charge in [0.2, 0.25) is 5.91 Å². The Morgan fingerprint density at radius 1 is 1.06 bits per heavy atom. The van der Waals surface area contributed by atoms with Gasteiger partial charge in [-0.15, -0.1) is 0 Å². The monoisotopic (exact) mass is 466 g/mol. The van der Waals surface area contributed by atoms with E-state index in [9.17, 15) is 26.0 Å². The van der Waals surface area contributed by atoms with Crippen LogP contribution in [0.25, 0.3) is 0 Å². The first-order valence-electron chi connectivity index (χ1n) is 8.90. The molecule has 1 heterocycles. The Bertz CT molecular complexity index is 1320. The third kappa shape index (κ3) is 5.27. The Hall–Kier alpha value is -3.25. The lowest BCUT2D eigenvalue weighted by Crippen LogP contribution is -2.24. The number of hydrogen-bond donors (Lipinski definition) is 2. The van der Waals surface area contributed by atoms with E-state index in [1.54, 1.807) is 25.3 Å². The number of rotatable bonds is 7. The van der Waals surface area contributed by atoms with Crippen LogP contribution in [0.1, 0.15) is 13.0 Å². The van der Waals surface area contributed by atoms with Crippen LogP contribution in [0.3, 0.4) is 0 Å². The molecule has 0 aliphatic carbocycles. The second-order valence-electron chi connectivity index (χ2n) is 6.70. The molecule has 2 aromatic carbocycles. The predicted molar refractivity (Wildman–Crippen MR) is 112 cm³/mol. The van der Waals surface area contributed by atoms with E-state index in [1.165, 1.54) is 29.1 Å². The van der Waals surface area contributed by atoms with Gasteiger partial charge < -0.3 is 5.32 Å². The first-order valence-corrected chi connectivity index (χ1v) is 12.3. The molecule has 1 unspecified atom stereocenters. The standard InChI is InChI=1S/C19H19FN4O5S2/c1-13(24-10-4-9-21-24)19(25)22-14-5-3-6-15(11-14)23-31(28,29)18-12-16(30(2,26)27)7-8-17(18)20/h3-13,23H,1-2H3,(H,22,25). The second-order valence-corrected chi connectivity index (χ2v) is 10.4. The molecule has 9 nitrogen and oxygen atoms in total. The summed E-state index contributed by atoms with van der Waals surface area (Å²) in [7, 11) is -8.18. The summed E-state index contributed by atoms with van der Waals surface area (Å²) in [6.45, 7) is 1.65. The number of carbonyl (C=O) groups excluding carboxylic acids is 1. The lowest BCUT2D eigenvalue weighted by molar-refractivity contribution is -0.119. The average Bonchev–Trinajstić information content (AvgIpc) is 3.21. The maximum Gasteiger partial charge on any atom is 0.264 e. The van der Waals surface area contributed by atoms with E-state index >= 15 is 0 Å². The van der Waals surface area contributed by atoms with Crippen molar-refractivity contribution in [3.8, 4) is 0 Å². The summed E-state index contributed by atoms with van der Waals surface area (Å²) in [5.74, 6) is -1.48. The predicted octanol–water partition coefficient (Wildman–Crippen LogP) is 2.43. The van der Waals surface area contributed by atoms with Crippen molar-refractivity contribution in [3.63, 3.8) is 0 Å². The number of carbonyl (C=O) groups is 1. The number of benzene rings is 2. The van der Waals surface area contributed by atoms with Gasteiger partial charge in [0, 0.05) is 24.3 Å². The fraction of sp³-hybridized carbons (Fsp3) is 0.158. The summed E-state index contributed by atoms with van der Waals surface area (Å²) >= 11 is 0. The topological polar surface area (TPSA) is 127 Å². The number of hydrogen-bond acceptors (Lipinski definition) is 6. The minimum atomic E-state index is -4.44. The number of aromatic nitrogens is 2. The maximum atomic E-state index is 14.2. The van der Waals surface area contributed by atoms with Gasteiger partial charge >= 0.3 is 0 Å². The van der Waals surface area contributed by atoms with Crippen molar-refractivity contribution >= 4 is 37.1 Å². The van der Waals surface area contributed by atoms with Crippen LogP contribution in [-0.2, 0) is 24.7 Å². The van der Waals surface area contributed by atoms with Crippen LogP contribution in [0.2, 0.25) is 0 Å². The van der Waals surface area contributed by atoms with Crippen molar-refractivity contribution in [2.24, 2.45) is 0 Å². The summed E-state index contributed by atoms with van der Waals surface area (Å²) < 4.78 is 66.5. The molecule has 1 atom stereocenters. The fourth-order valence-electron chi connectivity index (χ4n) is 2.67. The molecule has 12 heteroatoms. The molecule has 0 spiro atoms. The number of nitrogens with one attached hydrogen (secondary N) is 2. The van der Waals surface area contributed by atoms with E-state index in [2.05, 4.69) is 15.1 Å². The largest absolute Gasteiger partial charge is 0.324 e. The lowest BCUT2D eigenvalue weighted by atomic mass is 10.2. The van der Waals surface area contributed by atoms with Gasteiger partial charge in [0.05, 0.1) is 10.6 Å². The highest BCUT2D eigenvalue weighted by molar-refractivity contribution is 7.93. The van der Waals surface area contributed by atoms with Crippen LogP contribution in [0.15, 0.2) is 70.7 Å². The van der Waals surface area contributed by atoms with Crippen molar-refractivity contribution in [3.05, 3.63) is 66.7 Å². The highest BCUT2D eigenvalue weighted by atomic mass is 32.2. The molecule has 3 aromatic rings. The highest BCUT2D eigenvalue weighted by Gasteiger charge is 2.22. The van der Waals surface area contributed by atoms with Gasteiger partial charge in [-0.25, -0.2) is 21.2 Å². The van der Waals surface area contributed by atoms with Crippen LogP contribution in [0, 0.1) is 5.82 Å². The zero-order valence-corrected chi connectivity index (χ0v) is 18.1. The van der Waals surface area contributed by atoms with E-state index < -0.39 is 36.6 Å². The molecule has 164 valence electrons. The Morgan fingerprint density at radius 2 is 1.77 bits per heavy atom. The number of sulfone groups is 1. The van der Waals surface area contributed by atoms with Crippen LogP contribution < -0.4 is 10.0 Å². The first kappa shape index (κ1) is 22.4. The number of nitrogens with zero attached hydrogens (tertiary/aromatic N) is 2. The molecule has 2 N–H and O–H groups in total. The number of sulfonamides is 1. The third-order valence-electron chi connectivity index (χ3n) is 4.30. The fourth-order valence-corrected chi connectivity index (χ4v) is 4.54. The molecule has 0 radical (unpaired) electrons. The van der Waals surface area contributed by atoms with Crippen molar-refractivity contribution in [2.45, 2.75) is 22.8 Å². The van der Waals surface area contributed by atoms with Crippen LogP contribution in [0.5, 0.6) is 0 Å². The Labute approximate surface area is 178 Å². The van der Waals surface area contributed by atoms with Gasteiger partial charge in [0.25, 0.3) is 10.0 Å². The number of halogens is 1. The van der Waals surface area contributed by atoms with Crippen molar-refractivity contribution in [2.75, 3.05) is 16.3 Å². The molecule has 0 bridgehead atoms. The summed E-state index contributed by atoms with van der Waals surface area (Å²) in [5, 5.41) is 6.65. The Morgan fingerprint density at radius 3 is 2.42 bits per heavy atom. The Kier molecular flexibility index (Phi) is 6.13. The molecule has 0 aliphatic heterocycles. The average molecular weight is 467 g/mol. The normalized spacial score (nSPS) is 12.9. The molecule has 0 aliphatic rings.